The molecule has 17 heavy (non-hydrogen) atoms. The van der Waals surface area contributed by atoms with Crippen LogP contribution in [-0.2, 0) is 7.05 Å². The fourth-order valence-corrected chi connectivity index (χ4v) is 2.16. The van der Waals surface area contributed by atoms with Crippen molar-refractivity contribution >= 4 is 17.6 Å². The van der Waals surface area contributed by atoms with Gasteiger partial charge < -0.3 is 20.6 Å². The van der Waals surface area contributed by atoms with E-state index in [4.69, 9.17) is 10.8 Å². The molecule has 2 rings (SSSR count). The molecule has 94 valence electrons. The first-order valence-electron chi connectivity index (χ1n) is 5.60. The highest BCUT2D eigenvalue weighted by molar-refractivity contribution is 5.66. The number of nitrogens with two attached hydrogens (primary N) is 1. The second-order valence-electron chi connectivity index (χ2n) is 4.16. The van der Waals surface area contributed by atoms with E-state index in [1.807, 2.05) is 7.05 Å². The summed E-state index contributed by atoms with van der Waals surface area (Å²) in [6.07, 6.45) is 1.57. The van der Waals surface area contributed by atoms with Gasteiger partial charge in [0.15, 0.2) is 0 Å². The number of rotatable bonds is 1. The van der Waals surface area contributed by atoms with Crippen molar-refractivity contribution in [1.29, 1.82) is 0 Å². The summed E-state index contributed by atoms with van der Waals surface area (Å²) < 4.78 is 1.73. The van der Waals surface area contributed by atoms with Crippen LogP contribution in [0.1, 0.15) is 6.42 Å². The van der Waals surface area contributed by atoms with Gasteiger partial charge in [0.05, 0.1) is 11.9 Å². The van der Waals surface area contributed by atoms with E-state index in [1.165, 1.54) is 4.90 Å². The SMILES string of the molecule is Cn1ncc(N)c1N1CCCN(C(=O)O)CC1. The van der Waals surface area contributed by atoms with Crippen LogP contribution < -0.4 is 10.6 Å². The number of hydrogen-bond acceptors (Lipinski definition) is 4. The van der Waals surface area contributed by atoms with Gasteiger partial charge in [-0.15, -0.1) is 0 Å². The molecular weight excluding hydrogens is 222 g/mol. The molecule has 1 fully saturated rings. The number of carbonyl (C=O) groups is 1. The highest BCUT2D eigenvalue weighted by atomic mass is 16.4. The second kappa shape index (κ2) is 4.52. The van der Waals surface area contributed by atoms with E-state index in [2.05, 4.69) is 10.00 Å². The molecule has 0 saturated carbocycles. The van der Waals surface area contributed by atoms with Gasteiger partial charge in [-0.25, -0.2) is 4.79 Å². The quantitative estimate of drug-likeness (QED) is 0.730. The maximum Gasteiger partial charge on any atom is 0.407 e. The zero-order valence-corrected chi connectivity index (χ0v) is 9.83. The number of anilines is 2. The summed E-state index contributed by atoms with van der Waals surface area (Å²) >= 11 is 0. The van der Waals surface area contributed by atoms with Gasteiger partial charge in [-0.05, 0) is 6.42 Å². The molecular formula is C10H17N5O2. The van der Waals surface area contributed by atoms with Crippen molar-refractivity contribution < 1.29 is 9.90 Å². The van der Waals surface area contributed by atoms with Crippen molar-refractivity contribution in [3.05, 3.63) is 6.20 Å². The van der Waals surface area contributed by atoms with Crippen LogP contribution in [-0.4, -0.2) is 52.1 Å². The van der Waals surface area contributed by atoms with E-state index >= 15 is 0 Å². The molecule has 0 spiro atoms. The molecule has 0 radical (unpaired) electrons. The minimum Gasteiger partial charge on any atom is -0.465 e. The van der Waals surface area contributed by atoms with Crippen LogP contribution in [0.5, 0.6) is 0 Å². The Hall–Kier alpha value is -1.92. The standard InChI is InChI=1S/C10H17N5O2/c1-13-9(8(11)7-12-13)14-3-2-4-15(6-5-14)10(16)17/h7H,2-6,11H2,1H3,(H,16,17). The lowest BCUT2D eigenvalue weighted by Gasteiger charge is -2.23. The van der Waals surface area contributed by atoms with E-state index in [1.54, 1.807) is 10.9 Å². The minimum atomic E-state index is -0.857. The van der Waals surface area contributed by atoms with Crippen molar-refractivity contribution in [2.24, 2.45) is 7.05 Å². The van der Waals surface area contributed by atoms with Crippen molar-refractivity contribution in [3.8, 4) is 0 Å². The van der Waals surface area contributed by atoms with Gasteiger partial charge in [0, 0.05) is 33.2 Å². The third-order valence-corrected chi connectivity index (χ3v) is 3.00. The first kappa shape index (κ1) is 11.6. The summed E-state index contributed by atoms with van der Waals surface area (Å²) in [6.45, 7) is 2.52. The molecule has 0 aromatic carbocycles. The van der Waals surface area contributed by atoms with Crippen LogP contribution in [0.3, 0.4) is 0 Å². The highest BCUT2D eigenvalue weighted by Crippen LogP contribution is 2.22. The Bertz CT molecular complexity index is 397. The smallest absolute Gasteiger partial charge is 0.407 e. The van der Waals surface area contributed by atoms with Crippen molar-refractivity contribution in [3.63, 3.8) is 0 Å². The molecule has 1 amide bonds. The fourth-order valence-electron chi connectivity index (χ4n) is 2.16. The molecule has 1 aliphatic heterocycles. The van der Waals surface area contributed by atoms with Crippen molar-refractivity contribution in [2.75, 3.05) is 36.8 Å². The van der Waals surface area contributed by atoms with Crippen molar-refractivity contribution in [2.45, 2.75) is 6.42 Å². The molecule has 2 heterocycles. The largest absolute Gasteiger partial charge is 0.465 e. The predicted molar refractivity (Wildman–Crippen MR) is 64.0 cm³/mol. The number of aromatic nitrogens is 2. The van der Waals surface area contributed by atoms with Gasteiger partial charge in [-0.2, -0.15) is 5.10 Å². The van der Waals surface area contributed by atoms with Gasteiger partial charge in [-0.3, -0.25) is 4.68 Å². The zero-order chi connectivity index (χ0) is 12.4. The Labute approximate surface area is 99.4 Å². The molecule has 0 unspecified atom stereocenters. The monoisotopic (exact) mass is 239 g/mol. The molecule has 1 aromatic heterocycles. The molecule has 1 aromatic rings. The molecule has 1 aliphatic rings. The maximum absolute atomic E-state index is 10.9. The van der Waals surface area contributed by atoms with Crippen LogP contribution >= 0.6 is 0 Å². The lowest BCUT2D eigenvalue weighted by Crippen LogP contribution is -2.34. The van der Waals surface area contributed by atoms with Crippen LogP contribution in [0.15, 0.2) is 6.20 Å². The summed E-state index contributed by atoms with van der Waals surface area (Å²) in [7, 11) is 1.84. The first-order valence-corrected chi connectivity index (χ1v) is 5.60. The Morgan fingerprint density at radius 3 is 2.76 bits per heavy atom. The third-order valence-electron chi connectivity index (χ3n) is 3.00. The van der Waals surface area contributed by atoms with Gasteiger partial charge in [0.2, 0.25) is 0 Å². The van der Waals surface area contributed by atoms with E-state index in [0.717, 1.165) is 18.8 Å². The molecule has 3 N–H and O–H groups in total. The number of carboxylic acid groups (broad SMARTS) is 1. The topological polar surface area (TPSA) is 87.6 Å². The lowest BCUT2D eigenvalue weighted by molar-refractivity contribution is 0.148. The van der Waals surface area contributed by atoms with Crippen LogP contribution in [0.25, 0.3) is 0 Å². The molecule has 0 aliphatic carbocycles. The van der Waals surface area contributed by atoms with Crippen molar-refractivity contribution in [1.82, 2.24) is 14.7 Å². The predicted octanol–water partition coefficient (Wildman–Crippen LogP) is 0.192. The number of hydrogen-bond donors (Lipinski definition) is 2. The normalized spacial score (nSPS) is 17.0. The number of nitrogen functional groups attached to an aromatic ring is 1. The van der Waals surface area contributed by atoms with Gasteiger partial charge in [0.1, 0.15) is 5.82 Å². The highest BCUT2D eigenvalue weighted by Gasteiger charge is 2.21. The Morgan fingerprint density at radius 1 is 1.41 bits per heavy atom. The fraction of sp³-hybridized carbons (Fsp3) is 0.600. The average Bonchev–Trinajstić information content (AvgIpc) is 2.53. The van der Waals surface area contributed by atoms with Crippen LogP contribution in [0.2, 0.25) is 0 Å². The Balaban J connectivity index is 2.11. The molecule has 0 atom stereocenters. The molecule has 7 nitrogen and oxygen atoms in total. The van der Waals surface area contributed by atoms with Gasteiger partial charge in [-0.1, -0.05) is 0 Å². The van der Waals surface area contributed by atoms with Gasteiger partial charge in [0.25, 0.3) is 0 Å². The number of aryl methyl sites for hydroxylation is 1. The zero-order valence-electron chi connectivity index (χ0n) is 9.83. The maximum atomic E-state index is 10.9. The Kier molecular flexibility index (Phi) is 3.08. The molecule has 0 bridgehead atoms. The van der Waals surface area contributed by atoms with Gasteiger partial charge >= 0.3 is 6.09 Å². The van der Waals surface area contributed by atoms with E-state index in [9.17, 15) is 4.79 Å². The summed E-state index contributed by atoms with van der Waals surface area (Å²) in [5, 5.41) is 13.1. The third kappa shape index (κ3) is 2.27. The Morgan fingerprint density at radius 2 is 2.18 bits per heavy atom. The van der Waals surface area contributed by atoms with Crippen LogP contribution in [0, 0.1) is 0 Å². The first-order chi connectivity index (χ1) is 8.09. The summed E-state index contributed by atoms with van der Waals surface area (Å²) in [5.41, 5.74) is 6.50. The molecule has 7 heteroatoms. The minimum absolute atomic E-state index is 0.500. The van der Waals surface area contributed by atoms with E-state index < -0.39 is 6.09 Å². The summed E-state index contributed by atoms with van der Waals surface area (Å²) in [5.74, 6) is 0.872. The van der Waals surface area contributed by atoms with Crippen LogP contribution in [0.4, 0.5) is 16.3 Å². The summed E-state index contributed by atoms with van der Waals surface area (Å²) in [4.78, 5) is 14.4. The van der Waals surface area contributed by atoms with E-state index in [0.29, 0.717) is 25.3 Å². The van der Waals surface area contributed by atoms with E-state index in [-0.39, 0.29) is 0 Å². The summed E-state index contributed by atoms with van der Waals surface area (Å²) in [6, 6.07) is 0. The second-order valence-corrected chi connectivity index (χ2v) is 4.16. The molecule has 1 saturated heterocycles. The number of nitrogens with zero attached hydrogens (tertiary/aromatic N) is 4. The number of amides is 1. The lowest BCUT2D eigenvalue weighted by atomic mass is 10.3. The average molecular weight is 239 g/mol.